The molecular weight excluding hydrogens is 724 g/mol. The zero-order valence-corrected chi connectivity index (χ0v) is 33.7. The lowest BCUT2D eigenvalue weighted by Crippen LogP contribution is -2.31. The van der Waals surface area contributed by atoms with Crippen molar-refractivity contribution in [2.45, 2.75) is 0 Å². The van der Waals surface area contributed by atoms with Crippen LogP contribution in [0.15, 0.2) is 243 Å². The van der Waals surface area contributed by atoms with Gasteiger partial charge < -0.3 is 0 Å². The van der Waals surface area contributed by atoms with E-state index in [4.69, 9.17) is 0 Å². The molecule has 0 aliphatic carbocycles. The topological polar surface area (TPSA) is 0 Å². The van der Waals surface area contributed by atoms with E-state index in [1.165, 1.54) is 42.7 Å². The molecule has 8 aromatic carbocycles. The van der Waals surface area contributed by atoms with Gasteiger partial charge in [-0.25, -0.2) is 0 Å². The van der Waals surface area contributed by atoms with Crippen LogP contribution in [0.1, 0.15) is 5.56 Å². The Hall–Kier alpha value is -4.65. The molecule has 262 valence electrons. The first-order valence-electron chi connectivity index (χ1n) is 18.4. The van der Waals surface area contributed by atoms with Crippen LogP contribution < -0.4 is 37.1 Å². The van der Waals surface area contributed by atoms with Crippen molar-refractivity contribution in [2.75, 3.05) is 5.90 Å². The first kappa shape index (κ1) is 36.3. The fourth-order valence-corrected chi connectivity index (χ4v) is 29.2. The minimum absolute atomic E-state index is 0.738. The van der Waals surface area contributed by atoms with Gasteiger partial charge in [0, 0.05) is 5.90 Å². The van der Waals surface area contributed by atoms with Crippen LogP contribution in [0.3, 0.4) is 0 Å². The van der Waals surface area contributed by atoms with E-state index in [9.17, 15) is 0 Å². The van der Waals surface area contributed by atoms with Crippen molar-refractivity contribution < 1.29 is 0 Å². The summed E-state index contributed by atoms with van der Waals surface area (Å²) in [7, 11) is -2.49. The summed E-state index contributed by atoms with van der Waals surface area (Å²) in [5.74, 6) is 1.06. The quantitative estimate of drug-likeness (QED) is 0.109. The minimum atomic E-state index is -2.50. The van der Waals surface area contributed by atoms with Gasteiger partial charge >= 0.3 is 0 Å². The molecule has 0 bridgehead atoms. The van der Waals surface area contributed by atoms with Crippen LogP contribution in [-0.4, -0.2) is 10.9 Å². The Labute approximate surface area is 324 Å². The lowest BCUT2D eigenvalue weighted by atomic mass is 10.2. The van der Waals surface area contributed by atoms with Gasteiger partial charge in [-0.3, -0.25) is 0 Å². The molecule has 0 aromatic heterocycles. The summed E-state index contributed by atoms with van der Waals surface area (Å²) in [6, 6.07) is 91.6. The highest BCUT2D eigenvalue weighted by Crippen LogP contribution is 2.76. The maximum Gasteiger partial charge on any atom is 0.00457 e. The van der Waals surface area contributed by atoms with Gasteiger partial charge in [-0.1, -0.05) is 243 Å². The van der Waals surface area contributed by atoms with E-state index in [-0.39, 0.29) is 0 Å². The molecule has 4 heteroatoms. The van der Waals surface area contributed by atoms with Gasteiger partial charge in [0.05, 0.1) is 0 Å². The summed E-state index contributed by atoms with van der Waals surface area (Å²) in [6.45, 7) is -2.50. The maximum absolute atomic E-state index is 2.50. The first-order valence-corrected chi connectivity index (χ1v) is 25.3. The average molecular weight is 767 g/mol. The summed E-state index contributed by atoms with van der Waals surface area (Å²) >= 11 is 0. The van der Waals surface area contributed by atoms with Gasteiger partial charge in [0.1, 0.15) is 0 Å². The van der Waals surface area contributed by atoms with Crippen LogP contribution in [-0.2, 0) is 0 Å². The van der Waals surface area contributed by atoms with E-state index in [1.807, 2.05) is 0 Å². The molecule has 8 aromatic rings. The highest BCUT2D eigenvalue weighted by molar-refractivity contribution is 8.46. The van der Waals surface area contributed by atoms with Crippen LogP contribution in [0.2, 0.25) is 0 Å². The Bertz CT molecular complexity index is 2210. The van der Waals surface area contributed by atoms with Crippen molar-refractivity contribution in [1.29, 1.82) is 0 Å². The molecule has 0 amide bonds. The highest BCUT2D eigenvalue weighted by atomic mass is 32.1. The van der Waals surface area contributed by atoms with E-state index in [0.29, 0.717) is 0 Å². The van der Waals surface area contributed by atoms with Crippen LogP contribution in [0.5, 0.6) is 0 Å². The third kappa shape index (κ3) is 7.65. The van der Waals surface area contributed by atoms with Gasteiger partial charge in [-0.15, -0.1) is 0 Å². The van der Waals surface area contributed by atoms with Crippen LogP contribution >= 0.6 is 30.0 Å². The Morgan fingerprint density at radius 1 is 0.315 bits per heavy atom. The zero-order chi connectivity index (χ0) is 36.4. The molecular formula is C50H42P4. The molecule has 0 aliphatic rings. The monoisotopic (exact) mass is 766 g/mol. The molecule has 8 rings (SSSR count). The molecule has 1 unspecified atom stereocenters. The van der Waals surface area contributed by atoms with Crippen molar-refractivity contribution in [3.8, 4) is 0 Å². The summed E-state index contributed by atoms with van der Waals surface area (Å²) in [6.07, 6.45) is 0. The standard InChI is InChI=1S/C50H42P4/c1-9-25-42(26-10-1)50(54(47-35-19-6-20-36-47,48-37-21-7-22-38-48)49-39-23-8-24-40-49)52(53(45-31-15-4-16-32-45)46-33-17-5-18-34-46)41-51(43-27-11-2-12-28-43)44-29-13-3-14-30-44/h1-40H,41H2. The smallest absolute Gasteiger partial charge is 0.00457 e. The summed E-state index contributed by atoms with van der Waals surface area (Å²) in [5.41, 5.74) is 1.35. The highest BCUT2D eigenvalue weighted by Gasteiger charge is 2.39. The molecule has 0 spiro atoms. The maximum atomic E-state index is 2.41. The van der Waals surface area contributed by atoms with E-state index in [2.05, 4.69) is 243 Å². The first-order chi connectivity index (χ1) is 26.8. The SMILES string of the molecule is c1ccc(C(P(CP(c2ccccc2)c2ccccc2)P(c2ccccc2)c2ccccc2)=P(c2ccccc2)(c2ccccc2)c2ccccc2)cc1. The number of hydrogen-bond acceptors (Lipinski definition) is 0. The van der Waals surface area contributed by atoms with Crippen LogP contribution in [0, 0.1) is 0 Å². The fraction of sp³-hybridized carbons (Fsp3) is 0.0200. The van der Waals surface area contributed by atoms with Crippen molar-refractivity contribution in [2.24, 2.45) is 0 Å². The second-order valence-corrected chi connectivity index (χ2v) is 25.3. The Morgan fingerprint density at radius 3 is 0.926 bits per heavy atom. The molecule has 1 atom stereocenters. The summed E-state index contributed by atoms with van der Waals surface area (Å²) in [4.78, 5) is 0. The van der Waals surface area contributed by atoms with Crippen molar-refractivity contribution in [3.05, 3.63) is 248 Å². The summed E-state index contributed by atoms with van der Waals surface area (Å²) in [5, 5.41) is 11.5. The van der Waals surface area contributed by atoms with E-state index in [0.717, 1.165) is 5.90 Å². The molecule has 54 heavy (non-hydrogen) atoms. The zero-order valence-electron chi connectivity index (χ0n) is 30.1. The Balaban J connectivity index is 1.59. The molecule has 0 radical (unpaired) electrons. The van der Waals surface area contributed by atoms with Crippen LogP contribution in [0.25, 0.3) is 0 Å². The van der Waals surface area contributed by atoms with Crippen LogP contribution in [0.4, 0.5) is 0 Å². The second kappa shape index (κ2) is 17.7. The predicted octanol–water partition coefficient (Wildman–Crippen LogP) is 10.8. The van der Waals surface area contributed by atoms with E-state index >= 15 is 0 Å². The average Bonchev–Trinajstić information content (AvgIpc) is 3.27. The predicted molar refractivity (Wildman–Crippen MR) is 246 cm³/mol. The molecule has 0 nitrogen and oxygen atoms in total. The second-order valence-electron chi connectivity index (χ2n) is 13.0. The largest absolute Gasteiger partial charge is 0.0622 e. The van der Waals surface area contributed by atoms with E-state index in [1.54, 1.807) is 5.03 Å². The van der Waals surface area contributed by atoms with Gasteiger partial charge in [-0.2, -0.15) is 0 Å². The van der Waals surface area contributed by atoms with Crippen molar-refractivity contribution >= 4 is 72.2 Å². The van der Waals surface area contributed by atoms with Gasteiger partial charge in [0.25, 0.3) is 0 Å². The molecule has 0 fully saturated rings. The normalized spacial score (nSPS) is 12.0. The summed E-state index contributed by atoms with van der Waals surface area (Å²) < 4.78 is 0. The third-order valence-corrected chi connectivity index (χ3v) is 27.3. The lowest BCUT2D eigenvalue weighted by molar-refractivity contribution is 1.68. The fourth-order valence-electron chi connectivity index (χ4n) is 7.33. The van der Waals surface area contributed by atoms with E-state index < -0.39 is 30.0 Å². The Morgan fingerprint density at radius 2 is 0.593 bits per heavy atom. The molecule has 0 saturated carbocycles. The molecule has 0 N–H and O–H groups in total. The minimum Gasteiger partial charge on any atom is -0.0622 e. The number of benzene rings is 8. The third-order valence-electron chi connectivity index (χ3n) is 9.68. The Kier molecular flexibility index (Phi) is 11.9. The number of rotatable bonds is 12. The van der Waals surface area contributed by atoms with Gasteiger partial charge in [-0.05, 0) is 77.8 Å². The molecule has 0 heterocycles. The molecule has 0 saturated heterocycles. The number of hydrogen-bond donors (Lipinski definition) is 0. The lowest BCUT2D eigenvalue weighted by Gasteiger charge is -2.41. The van der Waals surface area contributed by atoms with Gasteiger partial charge in [0.2, 0.25) is 0 Å². The van der Waals surface area contributed by atoms with Crippen molar-refractivity contribution in [3.63, 3.8) is 0 Å². The van der Waals surface area contributed by atoms with Gasteiger partial charge in [0.15, 0.2) is 0 Å². The van der Waals surface area contributed by atoms with Crippen molar-refractivity contribution in [1.82, 2.24) is 0 Å². The molecule has 0 aliphatic heterocycles.